The van der Waals surface area contributed by atoms with E-state index < -0.39 is 0 Å². The van der Waals surface area contributed by atoms with Crippen LogP contribution in [0.15, 0.2) is 30.7 Å². The molecule has 0 aliphatic carbocycles. The molecule has 1 unspecified atom stereocenters. The van der Waals surface area contributed by atoms with Gasteiger partial charge in [0, 0.05) is 37.2 Å². The molecule has 1 amide bonds. The Kier molecular flexibility index (Phi) is 3.79. The Morgan fingerprint density at radius 2 is 2.43 bits per heavy atom. The van der Waals surface area contributed by atoms with Crippen LogP contribution >= 0.6 is 11.3 Å². The van der Waals surface area contributed by atoms with Crippen LogP contribution in [0.1, 0.15) is 6.42 Å². The van der Waals surface area contributed by atoms with Gasteiger partial charge in [-0.15, -0.1) is 0 Å². The van der Waals surface area contributed by atoms with Gasteiger partial charge in [-0.1, -0.05) is 17.4 Å². The third kappa shape index (κ3) is 3.01. The first-order valence-corrected chi connectivity index (χ1v) is 7.39. The maximum Gasteiger partial charge on any atom is 0.231 e. The summed E-state index contributed by atoms with van der Waals surface area (Å²) in [5.74, 6) is -0.213. The molecule has 3 rings (SSSR count). The Morgan fingerprint density at radius 1 is 1.52 bits per heavy atom. The van der Waals surface area contributed by atoms with E-state index in [0.29, 0.717) is 24.6 Å². The molecule has 106 valence electrons. The summed E-state index contributed by atoms with van der Waals surface area (Å²) >= 11 is 1.42. The number of aromatic nitrogens is 2. The molecule has 21 heavy (non-hydrogen) atoms. The highest BCUT2D eigenvalue weighted by Gasteiger charge is 2.28. The normalized spacial score (nSPS) is 17.5. The minimum Gasteiger partial charge on any atom is -0.310 e. The Morgan fingerprint density at radius 3 is 3.14 bits per heavy atom. The summed E-state index contributed by atoms with van der Waals surface area (Å²) in [7, 11) is 0. The molecule has 0 radical (unpaired) electrons. The molecule has 7 heteroatoms. The van der Waals surface area contributed by atoms with Crippen molar-refractivity contribution in [3.05, 3.63) is 30.7 Å². The summed E-state index contributed by atoms with van der Waals surface area (Å²) in [6.07, 6.45) is 7.99. The lowest BCUT2D eigenvalue weighted by Crippen LogP contribution is -2.25. The van der Waals surface area contributed by atoms with E-state index in [9.17, 15) is 4.79 Å². The van der Waals surface area contributed by atoms with Crippen LogP contribution in [0, 0.1) is 17.4 Å². The van der Waals surface area contributed by atoms with E-state index in [1.54, 1.807) is 23.5 Å². The van der Waals surface area contributed by atoms with Gasteiger partial charge in [-0.2, -0.15) is 5.26 Å². The minimum atomic E-state index is -0.143. The van der Waals surface area contributed by atoms with Gasteiger partial charge < -0.3 is 10.2 Å². The van der Waals surface area contributed by atoms with E-state index >= 15 is 0 Å². The molecular weight excluding hydrogens is 286 g/mol. The highest BCUT2D eigenvalue weighted by atomic mass is 32.1. The second kappa shape index (κ2) is 5.89. The van der Waals surface area contributed by atoms with Gasteiger partial charge in [0.1, 0.15) is 0 Å². The van der Waals surface area contributed by atoms with Crippen molar-refractivity contribution in [3.63, 3.8) is 0 Å². The number of hydrogen-bond acceptors (Lipinski definition) is 6. The summed E-state index contributed by atoms with van der Waals surface area (Å²) in [6.45, 7) is 1.14. The lowest BCUT2D eigenvalue weighted by molar-refractivity contribution is -0.119. The number of pyridine rings is 1. The standard InChI is InChI=1S/C14H13N5OS/c15-9-19-5-3-11(8-19)13(20)18-14-17-7-12(21-14)10-2-1-4-16-6-10/h1-2,4,6-7,11H,3,5,8H2,(H,17,18,20). The first-order valence-electron chi connectivity index (χ1n) is 6.58. The van der Waals surface area contributed by atoms with E-state index in [0.717, 1.165) is 10.4 Å². The second-order valence-electron chi connectivity index (χ2n) is 4.79. The third-order valence-electron chi connectivity index (χ3n) is 3.38. The summed E-state index contributed by atoms with van der Waals surface area (Å²) < 4.78 is 0. The molecule has 3 heterocycles. The fraction of sp³-hybridized carbons (Fsp3) is 0.286. The van der Waals surface area contributed by atoms with E-state index in [2.05, 4.69) is 21.5 Å². The smallest absolute Gasteiger partial charge is 0.231 e. The number of amides is 1. The van der Waals surface area contributed by atoms with Gasteiger partial charge >= 0.3 is 0 Å². The fourth-order valence-corrected chi connectivity index (χ4v) is 3.06. The molecule has 0 aromatic carbocycles. The summed E-state index contributed by atoms with van der Waals surface area (Å²) in [5.41, 5.74) is 0.979. The maximum absolute atomic E-state index is 12.1. The number of carbonyl (C=O) groups excluding carboxylic acids is 1. The number of nitrogens with zero attached hydrogens (tertiary/aromatic N) is 4. The lowest BCUT2D eigenvalue weighted by Gasteiger charge is -2.08. The first-order chi connectivity index (χ1) is 10.3. The molecule has 6 nitrogen and oxygen atoms in total. The summed E-state index contributed by atoms with van der Waals surface area (Å²) in [4.78, 5) is 23.0. The Hall–Kier alpha value is -2.46. The van der Waals surface area contributed by atoms with Crippen LogP contribution in [0.2, 0.25) is 0 Å². The fourth-order valence-electron chi connectivity index (χ4n) is 2.25. The van der Waals surface area contributed by atoms with Crippen molar-refractivity contribution in [2.75, 3.05) is 18.4 Å². The van der Waals surface area contributed by atoms with Gasteiger partial charge in [-0.3, -0.25) is 9.78 Å². The molecule has 0 bridgehead atoms. The van der Waals surface area contributed by atoms with Gasteiger partial charge in [0.05, 0.1) is 10.8 Å². The number of carbonyl (C=O) groups is 1. The number of likely N-dealkylation sites (tertiary alicyclic amines) is 1. The van der Waals surface area contributed by atoms with Crippen molar-refractivity contribution in [1.29, 1.82) is 5.26 Å². The maximum atomic E-state index is 12.1. The van der Waals surface area contributed by atoms with Gasteiger partial charge in [0.15, 0.2) is 11.3 Å². The van der Waals surface area contributed by atoms with Crippen molar-refractivity contribution in [2.45, 2.75) is 6.42 Å². The molecule has 2 aromatic heterocycles. The number of thiazole rings is 1. The zero-order valence-electron chi connectivity index (χ0n) is 11.2. The van der Waals surface area contributed by atoms with E-state index in [4.69, 9.17) is 5.26 Å². The van der Waals surface area contributed by atoms with Crippen LogP contribution in [0.25, 0.3) is 10.4 Å². The lowest BCUT2D eigenvalue weighted by atomic mass is 10.1. The zero-order chi connectivity index (χ0) is 14.7. The van der Waals surface area contributed by atoms with Crippen molar-refractivity contribution >= 4 is 22.4 Å². The third-order valence-corrected chi connectivity index (χ3v) is 4.34. The number of hydrogen-bond donors (Lipinski definition) is 1. The SMILES string of the molecule is N#CN1CCC(C(=O)Nc2ncc(-c3cccnc3)s2)C1. The van der Waals surface area contributed by atoms with E-state index in [-0.39, 0.29) is 11.8 Å². The highest BCUT2D eigenvalue weighted by Crippen LogP contribution is 2.28. The van der Waals surface area contributed by atoms with Crippen LogP contribution in [0.4, 0.5) is 5.13 Å². The number of nitrogens with one attached hydrogen (secondary N) is 1. The van der Waals surface area contributed by atoms with Crippen LogP contribution in [0.3, 0.4) is 0 Å². The first kappa shape index (κ1) is 13.5. The Bertz CT molecular complexity index is 678. The number of anilines is 1. The number of nitriles is 1. The Labute approximate surface area is 126 Å². The molecule has 1 aliphatic rings. The molecule has 0 saturated carbocycles. The quantitative estimate of drug-likeness (QED) is 0.876. The van der Waals surface area contributed by atoms with Gasteiger partial charge in [-0.05, 0) is 12.5 Å². The molecule has 2 aromatic rings. The van der Waals surface area contributed by atoms with Crippen molar-refractivity contribution in [3.8, 4) is 16.6 Å². The van der Waals surface area contributed by atoms with E-state index in [1.807, 2.05) is 12.1 Å². The molecule has 1 saturated heterocycles. The topological polar surface area (TPSA) is 81.9 Å². The average Bonchev–Trinajstić information content (AvgIpc) is 3.17. The molecular formula is C14H13N5OS. The van der Waals surface area contributed by atoms with Crippen LogP contribution in [-0.4, -0.2) is 33.9 Å². The highest BCUT2D eigenvalue weighted by molar-refractivity contribution is 7.19. The Balaban J connectivity index is 1.65. The molecule has 1 aliphatic heterocycles. The summed E-state index contributed by atoms with van der Waals surface area (Å²) in [6, 6.07) is 3.82. The van der Waals surface area contributed by atoms with Crippen LogP contribution < -0.4 is 5.32 Å². The molecule has 0 spiro atoms. The van der Waals surface area contributed by atoms with E-state index in [1.165, 1.54) is 11.3 Å². The average molecular weight is 299 g/mol. The van der Waals surface area contributed by atoms with Crippen molar-refractivity contribution in [2.24, 2.45) is 5.92 Å². The molecule has 1 fully saturated rings. The van der Waals surface area contributed by atoms with Gasteiger partial charge in [0.2, 0.25) is 5.91 Å². The minimum absolute atomic E-state index is 0.0696. The van der Waals surface area contributed by atoms with Crippen LogP contribution in [0.5, 0.6) is 0 Å². The predicted octanol–water partition coefficient (Wildman–Crippen LogP) is 1.95. The van der Waals surface area contributed by atoms with Gasteiger partial charge in [0.25, 0.3) is 0 Å². The zero-order valence-corrected chi connectivity index (χ0v) is 12.0. The largest absolute Gasteiger partial charge is 0.310 e. The molecule has 1 N–H and O–H groups in total. The van der Waals surface area contributed by atoms with Crippen LogP contribution in [-0.2, 0) is 4.79 Å². The second-order valence-corrected chi connectivity index (χ2v) is 5.82. The van der Waals surface area contributed by atoms with Crippen molar-refractivity contribution in [1.82, 2.24) is 14.9 Å². The van der Waals surface area contributed by atoms with Crippen molar-refractivity contribution < 1.29 is 4.79 Å². The summed E-state index contributed by atoms with van der Waals surface area (Å²) in [5, 5.41) is 12.2. The monoisotopic (exact) mass is 299 g/mol. The number of rotatable bonds is 3. The molecule has 1 atom stereocenters. The predicted molar refractivity (Wildman–Crippen MR) is 79.3 cm³/mol. The van der Waals surface area contributed by atoms with Gasteiger partial charge in [-0.25, -0.2) is 4.98 Å².